The van der Waals surface area contributed by atoms with E-state index in [0.717, 1.165) is 4.47 Å². The Kier molecular flexibility index (Phi) is 4.76. The summed E-state index contributed by atoms with van der Waals surface area (Å²) in [5.41, 5.74) is 0.700. The second kappa shape index (κ2) is 6.55. The molecule has 2 atom stereocenters. The fraction of sp³-hybridized carbons (Fsp3) is 0.267. The van der Waals surface area contributed by atoms with Gasteiger partial charge >= 0.3 is 0 Å². The first-order valence-electron chi connectivity index (χ1n) is 6.32. The quantitative estimate of drug-likeness (QED) is 0.651. The molecule has 5 nitrogen and oxygen atoms in total. The highest BCUT2D eigenvalue weighted by atomic mass is 79.9. The predicted molar refractivity (Wildman–Crippen MR) is 79.7 cm³/mol. The van der Waals surface area contributed by atoms with Crippen molar-refractivity contribution >= 4 is 27.6 Å². The molecule has 1 aromatic carbocycles. The van der Waals surface area contributed by atoms with Gasteiger partial charge in [0.2, 0.25) is 5.91 Å². The third kappa shape index (κ3) is 3.14. The molecule has 0 aromatic heterocycles. The number of nitrogens with zero attached hydrogens (tertiary/aromatic N) is 1. The number of hydrogen-bond acceptors (Lipinski definition) is 4. The van der Waals surface area contributed by atoms with Crippen LogP contribution in [-0.4, -0.2) is 24.8 Å². The summed E-state index contributed by atoms with van der Waals surface area (Å²) in [6, 6.07) is 7.11. The summed E-state index contributed by atoms with van der Waals surface area (Å²) in [6.07, 6.45) is 1.49. The van der Waals surface area contributed by atoms with E-state index in [-0.39, 0.29) is 13.2 Å². The molecule has 1 N–H and O–H groups in total. The smallest absolute Gasteiger partial charge is 0.245 e. The number of carbonyl (C=O) groups excluding carboxylic acids is 2. The van der Waals surface area contributed by atoms with Crippen molar-refractivity contribution in [3.63, 3.8) is 0 Å². The van der Waals surface area contributed by atoms with Gasteiger partial charge in [-0.25, -0.2) is 0 Å². The van der Waals surface area contributed by atoms with Gasteiger partial charge in [0.1, 0.15) is 12.4 Å². The van der Waals surface area contributed by atoms with Crippen LogP contribution in [0.25, 0.3) is 0 Å². The predicted octanol–water partition coefficient (Wildman–Crippen LogP) is 1.94. The number of halogens is 1. The van der Waals surface area contributed by atoms with Crippen molar-refractivity contribution in [2.45, 2.75) is 5.92 Å². The number of fused-ring (bicyclic) bond motifs is 1. The van der Waals surface area contributed by atoms with E-state index in [1.807, 2.05) is 6.07 Å². The molecule has 0 spiro atoms. The highest BCUT2D eigenvalue weighted by molar-refractivity contribution is 9.10. The molecule has 1 aromatic rings. The molecule has 1 heterocycles. The lowest BCUT2D eigenvalue weighted by atomic mass is 9.89. The van der Waals surface area contributed by atoms with Gasteiger partial charge in [-0.15, -0.1) is 6.58 Å². The lowest BCUT2D eigenvalue weighted by Crippen LogP contribution is -2.37. The first-order chi connectivity index (χ1) is 10.1. The zero-order chi connectivity index (χ0) is 15.4. The fourth-order valence-corrected chi connectivity index (χ4v) is 2.53. The van der Waals surface area contributed by atoms with Gasteiger partial charge < -0.3 is 10.1 Å². The molecule has 0 saturated carbocycles. The fourth-order valence-electron chi connectivity index (χ4n) is 2.15. The number of nitrogens with one attached hydrogen (secondary N) is 1. The second-order valence-electron chi connectivity index (χ2n) is 4.54. The molecule has 0 radical (unpaired) electrons. The molecule has 1 amide bonds. The minimum absolute atomic E-state index is 0.150. The van der Waals surface area contributed by atoms with Crippen LogP contribution in [0.4, 0.5) is 0 Å². The number of ketones is 1. The molecule has 108 valence electrons. The third-order valence-corrected chi connectivity index (χ3v) is 3.69. The summed E-state index contributed by atoms with van der Waals surface area (Å²) in [5, 5.41) is 11.6. The van der Waals surface area contributed by atoms with Gasteiger partial charge in [-0.05, 0) is 18.2 Å². The SMILES string of the molecule is C=CCNC(=O)[C@@H](C#N)C(=O)[C@H]1COc2ccc(Br)cc21. The highest BCUT2D eigenvalue weighted by Gasteiger charge is 2.38. The summed E-state index contributed by atoms with van der Waals surface area (Å²) >= 11 is 3.34. The van der Waals surface area contributed by atoms with Crippen molar-refractivity contribution < 1.29 is 14.3 Å². The van der Waals surface area contributed by atoms with E-state index in [2.05, 4.69) is 27.8 Å². The van der Waals surface area contributed by atoms with E-state index in [1.54, 1.807) is 18.2 Å². The number of rotatable bonds is 5. The summed E-state index contributed by atoms with van der Waals surface area (Å²) in [4.78, 5) is 24.3. The number of Topliss-reactive ketones (excluding diaryl/α,β-unsaturated/α-hetero) is 1. The number of ether oxygens (including phenoxy) is 1. The molecule has 1 aliphatic heterocycles. The van der Waals surface area contributed by atoms with Gasteiger partial charge in [-0.1, -0.05) is 22.0 Å². The minimum Gasteiger partial charge on any atom is -0.492 e. The maximum Gasteiger partial charge on any atom is 0.245 e. The van der Waals surface area contributed by atoms with Gasteiger partial charge in [0.25, 0.3) is 0 Å². The molecular weight excluding hydrogens is 336 g/mol. The molecule has 21 heavy (non-hydrogen) atoms. The number of carbonyl (C=O) groups is 2. The van der Waals surface area contributed by atoms with Gasteiger partial charge in [-0.2, -0.15) is 5.26 Å². The van der Waals surface area contributed by atoms with Crippen LogP contribution in [0, 0.1) is 17.2 Å². The molecule has 6 heteroatoms. The average Bonchev–Trinajstić information content (AvgIpc) is 2.88. The highest BCUT2D eigenvalue weighted by Crippen LogP contribution is 2.37. The molecule has 0 saturated heterocycles. The maximum absolute atomic E-state index is 12.5. The zero-order valence-electron chi connectivity index (χ0n) is 11.1. The van der Waals surface area contributed by atoms with Crippen molar-refractivity contribution in [3.05, 3.63) is 40.9 Å². The van der Waals surface area contributed by atoms with Gasteiger partial charge in [0, 0.05) is 16.6 Å². The number of benzene rings is 1. The first-order valence-corrected chi connectivity index (χ1v) is 7.12. The van der Waals surface area contributed by atoms with E-state index in [9.17, 15) is 9.59 Å². The maximum atomic E-state index is 12.5. The van der Waals surface area contributed by atoms with Gasteiger partial charge in [0.05, 0.1) is 12.0 Å². The van der Waals surface area contributed by atoms with Crippen LogP contribution in [0.3, 0.4) is 0 Å². The van der Waals surface area contributed by atoms with E-state index < -0.39 is 23.5 Å². The standard InChI is InChI=1S/C15H13BrN2O3/c1-2-5-18-15(20)11(7-17)14(19)12-8-21-13-4-3-9(16)6-10(12)13/h2-4,6,11-12H,1,5,8H2,(H,18,20)/t11-,12-/m0/s1. The normalized spacial score (nSPS) is 17.0. The van der Waals surface area contributed by atoms with Crippen LogP contribution in [0.5, 0.6) is 5.75 Å². The van der Waals surface area contributed by atoms with Crippen LogP contribution in [0.15, 0.2) is 35.3 Å². The van der Waals surface area contributed by atoms with Crippen LogP contribution >= 0.6 is 15.9 Å². The van der Waals surface area contributed by atoms with E-state index >= 15 is 0 Å². The summed E-state index contributed by atoms with van der Waals surface area (Å²) in [7, 11) is 0. The Hall–Kier alpha value is -2.13. The van der Waals surface area contributed by atoms with Crippen molar-refractivity contribution in [2.75, 3.05) is 13.2 Å². The molecule has 0 aliphatic carbocycles. The van der Waals surface area contributed by atoms with E-state index in [1.165, 1.54) is 6.08 Å². The molecular formula is C15H13BrN2O3. The Bertz CT molecular complexity index is 636. The van der Waals surface area contributed by atoms with E-state index in [4.69, 9.17) is 10.00 Å². The van der Waals surface area contributed by atoms with Crippen LogP contribution in [-0.2, 0) is 9.59 Å². The Morgan fingerprint density at radius 2 is 2.38 bits per heavy atom. The number of hydrogen-bond donors (Lipinski definition) is 1. The Balaban J connectivity index is 2.21. The van der Waals surface area contributed by atoms with Crippen molar-refractivity contribution in [1.29, 1.82) is 5.26 Å². The molecule has 0 bridgehead atoms. The number of amides is 1. The molecule has 0 fully saturated rings. The monoisotopic (exact) mass is 348 g/mol. The van der Waals surface area contributed by atoms with Gasteiger partial charge in [0.15, 0.2) is 11.7 Å². The molecule has 2 rings (SSSR count). The first kappa shape index (κ1) is 15.3. The molecule has 1 aliphatic rings. The summed E-state index contributed by atoms with van der Waals surface area (Å²) < 4.78 is 6.26. The van der Waals surface area contributed by atoms with Gasteiger partial charge in [-0.3, -0.25) is 9.59 Å². The van der Waals surface area contributed by atoms with Crippen LogP contribution < -0.4 is 10.1 Å². The van der Waals surface area contributed by atoms with Crippen molar-refractivity contribution in [3.8, 4) is 11.8 Å². The van der Waals surface area contributed by atoms with Crippen molar-refractivity contribution in [1.82, 2.24) is 5.32 Å². The third-order valence-electron chi connectivity index (χ3n) is 3.19. The Morgan fingerprint density at radius 1 is 1.62 bits per heavy atom. The summed E-state index contributed by atoms with van der Waals surface area (Å²) in [6.45, 7) is 3.84. The van der Waals surface area contributed by atoms with Crippen molar-refractivity contribution in [2.24, 2.45) is 5.92 Å². The number of nitriles is 1. The van der Waals surface area contributed by atoms with E-state index in [0.29, 0.717) is 11.3 Å². The Labute approximate surface area is 130 Å². The topological polar surface area (TPSA) is 79.2 Å². The van der Waals surface area contributed by atoms with Crippen LogP contribution in [0.2, 0.25) is 0 Å². The second-order valence-corrected chi connectivity index (χ2v) is 5.46. The lowest BCUT2D eigenvalue weighted by molar-refractivity contribution is -0.132. The molecule has 0 unspecified atom stereocenters. The zero-order valence-corrected chi connectivity index (χ0v) is 12.7. The summed E-state index contributed by atoms with van der Waals surface area (Å²) in [5.74, 6) is -2.39. The Morgan fingerprint density at radius 3 is 3.05 bits per heavy atom. The average molecular weight is 349 g/mol. The lowest BCUT2D eigenvalue weighted by Gasteiger charge is -2.12. The van der Waals surface area contributed by atoms with Crippen LogP contribution in [0.1, 0.15) is 11.5 Å². The largest absolute Gasteiger partial charge is 0.492 e. The minimum atomic E-state index is -1.34.